The second kappa shape index (κ2) is 10.1. The van der Waals surface area contributed by atoms with Crippen molar-refractivity contribution in [3.8, 4) is 17.1 Å². The summed E-state index contributed by atoms with van der Waals surface area (Å²) in [5, 5.41) is 2.79. The maximum atomic E-state index is 12.5. The normalized spacial score (nSPS) is 11.5. The quantitative estimate of drug-likeness (QED) is 0.257. The van der Waals surface area contributed by atoms with Crippen LogP contribution in [-0.4, -0.2) is 53.3 Å². The highest BCUT2D eigenvalue weighted by Gasteiger charge is 2.16. The molecule has 0 spiro atoms. The fourth-order valence-electron chi connectivity index (χ4n) is 3.14. The molecule has 0 fully saturated rings. The Morgan fingerprint density at radius 1 is 1.31 bits per heavy atom. The van der Waals surface area contributed by atoms with E-state index in [9.17, 15) is 9.59 Å². The Balaban J connectivity index is 1.86. The van der Waals surface area contributed by atoms with E-state index in [-0.39, 0.29) is 11.7 Å². The molecule has 164 valence electrons. The lowest BCUT2D eigenvalue weighted by Crippen LogP contribution is -2.34. The summed E-state index contributed by atoms with van der Waals surface area (Å²) in [7, 11) is 3.20. The molecular formula is C23H24N6O3. The molecule has 1 amide bonds. The molecule has 0 saturated carbocycles. The number of anilines is 1. The Kier molecular flexibility index (Phi) is 7.02. The first-order valence-corrected chi connectivity index (χ1v) is 9.73. The highest BCUT2D eigenvalue weighted by atomic mass is 16.5. The van der Waals surface area contributed by atoms with Gasteiger partial charge in [-0.2, -0.15) is 0 Å². The number of aromatic nitrogens is 2. The second-order valence-electron chi connectivity index (χ2n) is 6.69. The maximum Gasteiger partial charge on any atom is 0.291 e. The van der Waals surface area contributed by atoms with Gasteiger partial charge in [-0.3, -0.25) is 19.1 Å². The molecule has 2 aromatic carbocycles. The molecule has 9 nitrogen and oxygen atoms in total. The second-order valence-corrected chi connectivity index (χ2v) is 6.69. The number of nitrogens with zero attached hydrogens (tertiary/aromatic N) is 4. The Labute approximate surface area is 185 Å². The summed E-state index contributed by atoms with van der Waals surface area (Å²) in [5.74, 6) is 0.943. The summed E-state index contributed by atoms with van der Waals surface area (Å²) >= 11 is 0. The van der Waals surface area contributed by atoms with Crippen LogP contribution in [0.4, 0.5) is 5.69 Å². The third-order valence-corrected chi connectivity index (χ3v) is 4.59. The number of aliphatic imine (C=N–C) groups is 1. The van der Waals surface area contributed by atoms with Gasteiger partial charge < -0.3 is 20.7 Å². The minimum absolute atomic E-state index is 0.202. The number of benzene rings is 2. The number of imidazole rings is 1. The number of fused-ring (bicyclic) bond motifs is 1. The van der Waals surface area contributed by atoms with E-state index >= 15 is 0 Å². The highest BCUT2D eigenvalue weighted by molar-refractivity contribution is 6.42. The van der Waals surface area contributed by atoms with E-state index in [2.05, 4.69) is 21.9 Å². The lowest BCUT2D eigenvalue weighted by atomic mass is 10.2. The summed E-state index contributed by atoms with van der Waals surface area (Å²) in [4.78, 5) is 34.4. The minimum atomic E-state index is -0.381. The van der Waals surface area contributed by atoms with Gasteiger partial charge in [0.1, 0.15) is 18.2 Å². The van der Waals surface area contributed by atoms with Crippen LogP contribution in [0, 0.1) is 0 Å². The van der Waals surface area contributed by atoms with E-state index < -0.39 is 0 Å². The van der Waals surface area contributed by atoms with Crippen molar-refractivity contribution in [1.29, 1.82) is 0 Å². The van der Waals surface area contributed by atoms with Gasteiger partial charge >= 0.3 is 0 Å². The fraction of sp³-hybridized carbons (Fsp3) is 0.130. The molecule has 0 bridgehead atoms. The van der Waals surface area contributed by atoms with E-state index in [0.29, 0.717) is 40.5 Å². The van der Waals surface area contributed by atoms with Gasteiger partial charge in [-0.15, -0.1) is 0 Å². The van der Waals surface area contributed by atoms with Crippen LogP contribution in [0.25, 0.3) is 22.4 Å². The van der Waals surface area contributed by atoms with Crippen LogP contribution in [0.3, 0.4) is 0 Å². The average Bonchev–Trinajstić information content (AvgIpc) is 3.16. The van der Waals surface area contributed by atoms with Crippen molar-refractivity contribution in [3.63, 3.8) is 0 Å². The number of ether oxygens (including phenoxy) is 1. The number of nitrogens with one attached hydrogen (secondary N) is 1. The number of carbonyl (C=O) groups is 2. The van der Waals surface area contributed by atoms with Crippen LogP contribution in [-0.2, 0) is 9.59 Å². The number of nitrogens with two attached hydrogens (primary N) is 1. The Morgan fingerprint density at radius 2 is 2.06 bits per heavy atom. The number of likely N-dealkylation sites (N-methyl/N-ethyl adjacent to an activating group) is 1. The third kappa shape index (κ3) is 4.67. The standard InChI is InChI=1S/C23H24N6O3/c1-4-13-32-18-9-10-20-19(14-18)27-21(29(20)15-30)16-5-7-17(8-6-16)26-23(31)22(25-2)28(3)12-11-24/h4-12,14-15H,1,13,24H2,2-3H3,(H,26,31)/b12-11+,25-22?. The zero-order chi connectivity index (χ0) is 23.1. The molecule has 3 N–H and O–H groups in total. The number of amidine groups is 1. The van der Waals surface area contributed by atoms with E-state index in [1.54, 1.807) is 55.6 Å². The van der Waals surface area contributed by atoms with Gasteiger partial charge in [-0.05, 0) is 36.4 Å². The number of amides is 1. The number of hydrogen-bond donors (Lipinski definition) is 2. The molecular weight excluding hydrogens is 408 g/mol. The predicted molar refractivity (Wildman–Crippen MR) is 126 cm³/mol. The minimum Gasteiger partial charge on any atom is -0.489 e. The van der Waals surface area contributed by atoms with E-state index in [1.807, 2.05) is 0 Å². The van der Waals surface area contributed by atoms with Crippen LogP contribution in [0.5, 0.6) is 5.75 Å². The monoisotopic (exact) mass is 432 g/mol. The molecule has 0 unspecified atom stereocenters. The van der Waals surface area contributed by atoms with Crippen LogP contribution < -0.4 is 15.8 Å². The van der Waals surface area contributed by atoms with Crippen molar-refractivity contribution < 1.29 is 14.3 Å². The van der Waals surface area contributed by atoms with E-state index in [0.717, 1.165) is 6.41 Å². The lowest BCUT2D eigenvalue weighted by Gasteiger charge is -2.15. The first-order valence-electron chi connectivity index (χ1n) is 9.73. The van der Waals surface area contributed by atoms with Gasteiger partial charge in [0.05, 0.1) is 11.0 Å². The smallest absolute Gasteiger partial charge is 0.291 e. The van der Waals surface area contributed by atoms with Crippen LogP contribution in [0.2, 0.25) is 0 Å². The summed E-state index contributed by atoms with van der Waals surface area (Å²) in [6.07, 6.45) is 5.22. The van der Waals surface area contributed by atoms with Gasteiger partial charge in [0.15, 0.2) is 5.84 Å². The van der Waals surface area contributed by atoms with Gasteiger partial charge in [0, 0.05) is 43.8 Å². The van der Waals surface area contributed by atoms with Crippen LogP contribution >= 0.6 is 0 Å². The van der Waals surface area contributed by atoms with Crippen LogP contribution in [0.1, 0.15) is 0 Å². The molecule has 3 rings (SSSR count). The molecule has 0 radical (unpaired) electrons. The molecule has 0 aliphatic rings. The van der Waals surface area contributed by atoms with Crippen molar-refractivity contribution in [2.45, 2.75) is 0 Å². The summed E-state index contributed by atoms with van der Waals surface area (Å²) in [6.45, 7) is 4.01. The summed E-state index contributed by atoms with van der Waals surface area (Å²) in [5.41, 5.74) is 7.95. The molecule has 1 aromatic heterocycles. The Morgan fingerprint density at radius 3 is 2.69 bits per heavy atom. The molecule has 0 saturated heterocycles. The first kappa shape index (κ1) is 22.3. The molecule has 9 heteroatoms. The topological polar surface area (TPSA) is 115 Å². The van der Waals surface area contributed by atoms with Crippen molar-refractivity contribution in [2.75, 3.05) is 26.0 Å². The van der Waals surface area contributed by atoms with Crippen molar-refractivity contribution in [3.05, 3.63) is 67.5 Å². The fourth-order valence-corrected chi connectivity index (χ4v) is 3.14. The van der Waals surface area contributed by atoms with Crippen molar-refractivity contribution in [1.82, 2.24) is 14.5 Å². The molecule has 0 atom stereocenters. The summed E-state index contributed by atoms with van der Waals surface area (Å²) in [6, 6.07) is 12.3. The molecule has 3 aromatic rings. The number of hydrogen-bond acceptors (Lipinski definition) is 6. The average molecular weight is 432 g/mol. The SMILES string of the molecule is C=CCOc1ccc2c(c1)nc(-c1ccc(NC(=O)C(=NC)N(C)/C=C/N)cc1)n2C=O. The van der Waals surface area contributed by atoms with E-state index in [1.165, 1.54) is 28.9 Å². The molecule has 32 heavy (non-hydrogen) atoms. The number of carbonyl (C=O) groups excluding carboxylic acids is 2. The van der Waals surface area contributed by atoms with Gasteiger partial charge in [0.2, 0.25) is 6.41 Å². The van der Waals surface area contributed by atoms with Gasteiger partial charge in [0.25, 0.3) is 5.91 Å². The van der Waals surface area contributed by atoms with E-state index in [4.69, 9.17) is 10.5 Å². The Bertz CT molecular complexity index is 1190. The first-order chi connectivity index (χ1) is 15.5. The zero-order valence-electron chi connectivity index (χ0n) is 17.9. The third-order valence-electron chi connectivity index (χ3n) is 4.59. The van der Waals surface area contributed by atoms with Crippen molar-refractivity contribution in [2.24, 2.45) is 10.7 Å². The van der Waals surface area contributed by atoms with Gasteiger partial charge in [-0.25, -0.2) is 4.98 Å². The van der Waals surface area contributed by atoms with Crippen LogP contribution in [0.15, 0.2) is 72.5 Å². The zero-order valence-corrected chi connectivity index (χ0v) is 17.9. The predicted octanol–water partition coefficient (Wildman–Crippen LogP) is 2.63. The summed E-state index contributed by atoms with van der Waals surface area (Å²) < 4.78 is 7.01. The lowest BCUT2D eigenvalue weighted by molar-refractivity contribution is -0.110. The number of rotatable bonds is 7. The molecule has 0 aliphatic carbocycles. The Hall–Kier alpha value is -4.40. The largest absolute Gasteiger partial charge is 0.489 e. The highest BCUT2D eigenvalue weighted by Crippen LogP contribution is 2.27. The van der Waals surface area contributed by atoms with Crippen molar-refractivity contribution >= 4 is 34.9 Å². The molecule has 1 heterocycles. The molecule has 0 aliphatic heterocycles. The van der Waals surface area contributed by atoms with Gasteiger partial charge in [-0.1, -0.05) is 12.7 Å². The maximum absolute atomic E-state index is 12.5.